The minimum atomic E-state index is -0.921. The van der Waals surface area contributed by atoms with E-state index in [2.05, 4.69) is 47.6 Å². The molecule has 4 nitrogen and oxygen atoms in total. The topological polar surface area (TPSA) is 66.8 Å². The highest BCUT2D eigenvalue weighted by Crippen LogP contribution is 2.68. The normalized spacial score (nSPS) is 45.6. The molecule has 0 radical (unpaired) electrons. The van der Waals surface area contributed by atoms with Crippen LogP contribution in [0.3, 0.4) is 0 Å². The smallest absolute Gasteiger partial charge is 0.302 e. The third-order valence-corrected chi connectivity index (χ3v) is 11.5. The van der Waals surface area contributed by atoms with Gasteiger partial charge in [-0.25, -0.2) is 0 Å². The van der Waals surface area contributed by atoms with E-state index in [1.807, 2.05) is 0 Å². The Labute approximate surface area is 207 Å². The number of carbonyl (C=O) groups is 1. The summed E-state index contributed by atoms with van der Waals surface area (Å²) in [5, 5.41) is 24.2. The number of rotatable bonds is 6. The van der Waals surface area contributed by atoms with Crippen LogP contribution in [-0.2, 0) is 9.53 Å². The van der Waals surface area contributed by atoms with Gasteiger partial charge in [0.1, 0.15) is 6.10 Å². The van der Waals surface area contributed by atoms with Crippen molar-refractivity contribution in [1.29, 1.82) is 0 Å². The highest BCUT2D eigenvalue weighted by Gasteiger charge is 2.67. The van der Waals surface area contributed by atoms with Crippen molar-refractivity contribution in [2.75, 3.05) is 0 Å². The highest BCUT2D eigenvalue weighted by molar-refractivity contribution is 5.66. The van der Waals surface area contributed by atoms with Crippen LogP contribution in [0.4, 0.5) is 0 Å². The summed E-state index contributed by atoms with van der Waals surface area (Å²) < 4.78 is 5.51. The number of ether oxygens (including phenoxy) is 1. The Kier molecular flexibility index (Phi) is 6.86. The molecule has 4 heteroatoms. The second-order valence-corrected chi connectivity index (χ2v) is 13.6. The van der Waals surface area contributed by atoms with E-state index in [0.29, 0.717) is 31.1 Å². The fourth-order valence-corrected chi connectivity index (χ4v) is 8.92. The van der Waals surface area contributed by atoms with Crippen LogP contribution in [0.5, 0.6) is 0 Å². The standard InChI is InChI=1S/C30H50O4/c1-19(2)20(3)8-9-21(4)24-10-11-25-27(24,6)14-13-26-28(7)15-12-23(34-22(5)31)18-29(28,32)16-17-30(25,26)33/h13,19-21,23-25,32-33H,8-12,14-18H2,1-7H3/t20-,21+,23?,24?,25?,27?,28?,29+,30-/m0/s1. The van der Waals surface area contributed by atoms with Gasteiger partial charge in [0.2, 0.25) is 0 Å². The fraction of sp³-hybridized carbons (Fsp3) is 0.900. The van der Waals surface area contributed by atoms with Crippen LogP contribution < -0.4 is 0 Å². The first-order valence-corrected chi connectivity index (χ1v) is 14.1. The molecular formula is C30H50O4. The summed E-state index contributed by atoms with van der Waals surface area (Å²) in [6.45, 7) is 15.6. The van der Waals surface area contributed by atoms with Crippen molar-refractivity contribution < 1.29 is 19.7 Å². The summed E-state index contributed by atoms with van der Waals surface area (Å²) in [5.74, 6) is 2.80. The molecule has 5 unspecified atom stereocenters. The van der Waals surface area contributed by atoms with Crippen molar-refractivity contribution >= 4 is 5.97 Å². The van der Waals surface area contributed by atoms with Crippen molar-refractivity contribution in [3.05, 3.63) is 11.6 Å². The van der Waals surface area contributed by atoms with Gasteiger partial charge < -0.3 is 14.9 Å². The molecule has 0 saturated heterocycles. The molecule has 0 heterocycles. The summed E-state index contributed by atoms with van der Waals surface area (Å²) in [6.07, 6.45) is 11.2. The minimum Gasteiger partial charge on any atom is -0.462 e. The van der Waals surface area contributed by atoms with E-state index >= 15 is 0 Å². The van der Waals surface area contributed by atoms with Gasteiger partial charge in [-0.1, -0.05) is 60.5 Å². The van der Waals surface area contributed by atoms with Crippen LogP contribution >= 0.6 is 0 Å². The summed E-state index contributed by atoms with van der Waals surface area (Å²) in [6, 6.07) is 0. The average Bonchev–Trinajstić information content (AvgIpc) is 3.11. The summed E-state index contributed by atoms with van der Waals surface area (Å²) in [7, 11) is 0. The lowest BCUT2D eigenvalue weighted by molar-refractivity contribution is -0.195. The SMILES string of the molecule is CC(=O)OC1CCC2(C)C3=CCC4(C)C([C@H](C)CC[C@H](C)C(C)C)CCC4[C@@]3(O)CC[C@@]2(O)C1. The number of aliphatic hydroxyl groups is 2. The molecule has 0 aromatic carbocycles. The van der Waals surface area contributed by atoms with Crippen LogP contribution in [0.25, 0.3) is 0 Å². The van der Waals surface area contributed by atoms with Crippen LogP contribution in [0, 0.1) is 40.4 Å². The Morgan fingerprint density at radius 1 is 1.06 bits per heavy atom. The first kappa shape index (κ1) is 26.2. The van der Waals surface area contributed by atoms with Gasteiger partial charge in [-0.05, 0) is 85.5 Å². The molecular weight excluding hydrogens is 424 g/mol. The van der Waals surface area contributed by atoms with Gasteiger partial charge in [0.15, 0.2) is 0 Å². The van der Waals surface area contributed by atoms with Crippen molar-refractivity contribution in [3.63, 3.8) is 0 Å². The van der Waals surface area contributed by atoms with E-state index < -0.39 is 16.6 Å². The number of allylic oxidation sites excluding steroid dienone is 1. The van der Waals surface area contributed by atoms with Crippen LogP contribution in [0.15, 0.2) is 11.6 Å². The molecule has 0 bridgehead atoms. The van der Waals surface area contributed by atoms with Crippen LogP contribution in [0.2, 0.25) is 0 Å². The van der Waals surface area contributed by atoms with Gasteiger partial charge in [0.05, 0.1) is 11.2 Å². The molecule has 3 fully saturated rings. The number of carbonyl (C=O) groups excluding carboxylic acids is 1. The first-order chi connectivity index (χ1) is 15.8. The van der Waals surface area contributed by atoms with Gasteiger partial charge in [0, 0.05) is 18.8 Å². The van der Waals surface area contributed by atoms with Crippen molar-refractivity contribution in [2.24, 2.45) is 40.4 Å². The molecule has 4 aliphatic carbocycles. The predicted octanol–water partition coefficient (Wildman–Crippen LogP) is 6.44. The lowest BCUT2D eigenvalue weighted by Gasteiger charge is -2.63. The maximum atomic E-state index is 12.4. The Morgan fingerprint density at radius 3 is 2.41 bits per heavy atom. The molecule has 4 aliphatic rings. The maximum absolute atomic E-state index is 12.4. The van der Waals surface area contributed by atoms with Gasteiger partial charge in [-0.15, -0.1) is 0 Å². The third kappa shape index (κ3) is 3.99. The van der Waals surface area contributed by atoms with Crippen LogP contribution in [-0.4, -0.2) is 33.5 Å². The monoisotopic (exact) mass is 474 g/mol. The summed E-state index contributed by atoms with van der Waals surface area (Å²) >= 11 is 0. The zero-order chi connectivity index (χ0) is 25.1. The molecule has 3 saturated carbocycles. The third-order valence-electron chi connectivity index (χ3n) is 11.5. The average molecular weight is 475 g/mol. The second kappa shape index (κ2) is 8.91. The number of hydrogen-bond acceptors (Lipinski definition) is 4. The Morgan fingerprint density at radius 2 is 1.76 bits per heavy atom. The number of hydrogen-bond donors (Lipinski definition) is 2. The van der Waals surface area contributed by atoms with E-state index in [4.69, 9.17) is 4.74 Å². The maximum Gasteiger partial charge on any atom is 0.302 e. The summed E-state index contributed by atoms with van der Waals surface area (Å²) in [4.78, 5) is 11.5. The molecule has 0 aliphatic heterocycles. The molecule has 2 N–H and O–H groups in total. The molecule has 9 atom stereocenters. The molecule has 4 rings (SSSR count). The molecule has 194 valence electrons. The van der Waals surface area contributed by atoms with Crippen molar-refractivity contribution in [3.8, 4) is 0 Å². The second-order valence-electron chi connectivity index (χ2n) is 13.6. The predicted molar refractivity (Wildman–Crippen MR) is 136 cm³/mol. The Balaban J connectivity index is 1.57. The van der Waals surface area contributed by atoms with E-state index in [0.717, 1.165) is 43.1 Å². The van der Waals surface area contributed by atoms with E-state index in [-0.39, 0.29) is 23.4 Å². The lowest BCUT2D eigenvalue weighted by atomic mass is 9.45. The largest absolute Gasteiger partial charge is 0.462 e. The summed E-state index contributed by atoms with van der Waals surface area (Å²) in [5.41, 5.74) is -0.968. The van der Waals surface area contributed by atoms with Crippen molar-refractivity contribution in [2.45, 2.75) is 130 Å². The Hall–Kier alpha value is -0.870. The van der Waals surface area contributed by atoms with E-state index in [1.165, 1.54) is 26.2 Å². The number of fused-ring (bicyclic) bond motifs is 5. The first-order valence-electron chi connectivity index (χ1n) is 14.1. The molecule has 0 spiro atoms. The zero-order valence-electron chi connectivity index (χ0n) is 22.8. The van der Waals surface area contributed by atoms with E-state index in [9.17, 15) is 15.0 Å². The number of esters is 1. The molecule has 34 heavy (non-hydrogen) atoms. The molecule has 0 aromatic heterocycles. The highest BCUT2D eigenvalue weighted by atomic mass is 16.5. The lowest BCUT2D eigenvalue weighted by Crippen LogP contribution is -2.65. The molecule has 0 aromatic rings. The quantitative estimate of drug-likeness (QED) is 0.344. The van der Waals surface area contributed by atoms with Gasteiger partial charge in [-0.3, -0.25) is 4.79 Å². The Bertz CT molecular complexity index is 819. The zero-order valence-corrected chi connectivity index (χ0v) is 22.8. The molecule has 0 amide bonds. The fourth-order valence-electron chi connectivity index (χ4n) is 8.92. The minimum absolute atomic E-state index is 0.124. The van der Waals surface area contributed by atoms with Gasteiger partial charge in [-0.2, -0.15) is 0 Å². The van der Waals surface area contributed by atoms with Crippen molar-refractivity contribution in [1.82, 2.24) is 0 Å². The van der Waals surface area contributed by atoms with E-state index in [1.54, 1.807) is 0 Å². The van der Waals surface area contributed by atoms with Crippen LogP contribution in [0.1, 0.15) is 113 Å². The van der Waals surface area contributed by atoms with Gasteiger partial charge in [0.25, 0.3) is 0 Å². The van der Waals surface area contributed by atoms with Gasteiger partial charge >= 0.3 is 5.97 Å².